The van der Waals surface area contributed by atoms with E-state index in [0.717, 1.165) is 17.8 Å². The topological polar surface area (TPSA) is 69.8 Å². The van der Waals surface area contributed by atoms with Crippen LogP contribution in [0.3, 0.4) is 0 Å². The number of nitrogens with two attached hydrogens (primary N) is 1. The molecule has 0 radical (unpaired) electrons. The van der Waals surface area contributed by atoms with Crippen LogP contribution >= 0.6 is 0 Å². The number of carbonyl (C=O) groups excluding carboxylic acids is 1. The van der Waals surface area contributed by atoms with Gasteiger partial charge in [0.1, 0.15) is 11.6 Å². The van der Waals surface area contributed by atoms with Gasteiger partial charge >= 0.3 is 0 Å². The van der Waals surface area contributed by atoms with E-state index in [2.05, 4.69) is 0 Å². The molecule has 0 aromatic heterocycles. The summed E-state index contributed by atoms with van der Waals surface area (Å²) in [6, 6.07) is 0. The van der Waals surface area contributed by atoms with Gasteiger partial charge in [0.25, 0.3) is 0 Å². The fourth-order valence-corrected chi connectivity index (χ4v) is 2.10. The Balaban J connectivity index is 2.93. The van der Waals surface area contributed by atoms with Crippen molar-refractivity contribution < 1.29 is 9.90 Å². The highest BCUT2D eigenvalue weighted by atomic mass is 16.3. The van der Waals surface area contributed by atoms with Gasteiger partial charge in [0.15, 0.2) is 0 Å². The first-order valence-electron chi connectivity index (χ1n) is 6.29. The van der Waals surface area contributed by atoms with Gasteiger partial charge < -0.3 is 15.7 Å². The molecule has 18 heavy (non-hydrogen) atoms. The van der Waals surface area contributed by atoms with E-state index < -0.39 is 0 Å². The van der Waals surface area contributed by atoms with Crippen LogP contribution in [0.4, 0.5) is 0 Å². The number of rotatable bonds is 4. The van der Waals surface area contributed by atoms with E-state index in [4.69, 9.17) is 10.8 Å². The van der Waals surface area contributed by atoms with Crippen LogP contribution in [0.15, 0.2) is 23.3 Å². The third-order valence-electron chi connectivity index (χ3n) is 3.18. The number of hydrogen-bond donors (Lipinski definition) is 2. The van der Waals surface area contributed by atoms with Crippen molar-refractivity contribution in [2.24, 2.45) is 5.73 Å². The Morgan fingerprint density at radius 2 is 2.11 bits per heavy atom. The molecule has 1 amide bonds. The highest BCUT2D eigenvalue weighted by molar-refractivity contribution is 5.81. The van der Waals surface area contributed by atoms with Crippen molar-refractivity contribution >= 4 is 5.91 Å². The number of allylic oxidation sites excluding steroid dienone is 1. The molecule has 102 valence electrons. The van der Waals surface area contributed by atoms with Crippen molar-refractivity contribution in [3.05, 3.63) is 23.3 Å². The van der Waals surface area contributed by atoms with Crippen molar-refractivity contribution in [3.8, 4) is 0 Å². The summed E-state index contributed by atoms with van der Waals surface area (Å²) in [5, 5.41) is 8.82. The van der Waals surface area contributed by atoms with Gasteiger partial charge in [-0.2, -0.15) is 0 Å². The molecular formula is C13H23N3O2. The van der Waals surface area contributed by atoms with Crippen LogP contribution in [0, 0.1) is 0 Å². The van der Waals surface area contributed by atoms with Crippen LogP contribution < -0.4 is 5.73 Å². The molecule has 0 spiro atoms. The zero-order chi connectivity index (χ0) is 13.7. The number of nitrogens with zero attached hydrogens (tertiary/aromatic N) is 2. The minimum Gasteiger partial charge on any atom is -0.396 e. The average molecular weight is 253 g/mol. The van der Waals surface area contributed by atoms with Crippen LogP contribution in [0.1, 0.15) is 33.1 Å². The molecule has 0 aliphatic carbocycles. The maximum absolute atomic E-state index is 12.2. The summed E-state index contributed by atoms with van der Waals surface area (Å²) in [7, 11) is 1.87. The summed E-state index contributed by atoms with van der Waals surface area (Å²) in [5.41, 5.74) is 6.91. The third-order valence-corrected chi connectivity index (χ3v) is 3.18. The zero-order valence-corrected chi connectivity index (χ0v) is 11.4. The Bertz CT molecular complexity index is 374. The predicted octanol–water partition coefficient (Wildman–Crippen LogP) is 0.974. The van der Waals surface area contributed by atoms with E-state index >= 15 is 0 Å². The van der Waals surface area contributed by atoms with Crippen molar-refractivity contribution in [3.63, 3.8) is 0 Å². The van der Waals surface area contributed by atoms with Crippen LogP contribution in [0.25, 0.3) is 0 Å². The molecular weight excluding hydrogens is 230 g/mol. The van der Waals surface area contributed by atoms with Gasteiger partial charge in [-0.3, -0.25) is 9.69 Å². The molecule has 0 fully saturated rings. The van der Waals surface area contributed by atoms with Crippen molar-refractivity contribution in [1.29, 1.82) is 0 Å². The van der Waals surface area contributed by atoms with E-state index in [1.807, 2.05) is 31.9 Å². The molecule has 0 aromatic carbocycles. The maximum atomic E-state index is 12.2. The minimum atomic E-state index is 0.0610. The van der Waals surface area contributed by atoms with Gasteiger partial charge in [0.05, 0.1) is 6.42 Å². The Labute approximate surface area is 109 Å². The summed E-state index contributed by atoms with van der Waals surface area (Å²) in [6.07, 6.45) is 3.73. The molecule has 1 rings (SSSR count). The van der Waals surface area contributed by atoms with Gasteiger partial charge in [-0.15, -0.1) is 0 Å². The van der Waals surface area contributed by atoms with Crippen LogP contribution in [-0.2, 0) is 4.79 Å². The molecule has 0 saturated heterocycles. The molecule has 0 saturated carbocycles. The SMILES string of the molecule is C/C=C1/N(C)C(N)=C(C)CC(=O)N1CCCCO. The first-order valence-corrected chi connectivity index (χ1v) is 6.29. The molecule has 3 N–H and O–H groups in total. The standard InChI is InChI=1S/C13H23N3O2/c1-4-11-15(3)13(14)10(2)9-12(18)16(11)7-5-6-8-17/h4,17H,5-9,14H2,1-3H3/b11-4-. The number of carbonyl (C=O) groups is 1. The lowest BCUT2D eigenvalue weighted by Gasteiger charge is -2.30. The molecule has 0 aromatic rings. The second-order valence-electron chi connectivity index (χ2n) is 4.52. The van der Waals surface area contributed by atoms with E-state index in [0.29, 0.717) is 25.2 Å². The first-order chi connectivity index (χ1) is 8.52. The molecule has 1 aliphatic rings. The summed E-state index contributed by atoms with van der Waals surface area (Å²) in [6.45, 7) is 4.55. The molecule has 0 bridgehead atoms. The highest BCUT2D eigenvalue weighted by Crippen LogP contribution is 2.23. The van der Waals surface area contributed by atoms with Crippen molar-refractivity contribution in [2.45, 2.75) is 33.1 Å². The summed E-state index contributed by atoms with van der Waals surface area (Å²) in [5.74, 6) is 1.51. The maximum Gasteiger partial charge on any atom is 0.232 e. The number of hydrogen-bond acceptors (Lipinski definition) is 4. The first kappa shape index (κ1) is 14.6. The van der Waals surface area contributed by atoms with Crippen molar-refractivity contribution in [2.75, 3.05) is 20.2 Å². The second kappa shape index (κ2) is 6.44. The lowest BCUT2D eigenvalue weighted by molar-refractivity contribution is -0.129. The number of aliphatic hydroxyl groups is 1. The molecule has 0 unspecified atom stereocenters. The number of aliphatic hydroxyl groups excluding tert-OH is 1. The van der Waals surface area contributed by atoms with Crippen LogP contribution in [0.5, 0.6) is 0 Å². The van der Waals surface area contributed by atoms with Crippen LogP contribution in [0.2, 0.25) is 0 Å². The molecule has 5 heteroatoms. The Kier molecular flexibility index (Phi) is 5.22. The number of unbranched alkanes of at least 4 members (excludes halogenated alkanes) is 1. The lowest BCUT2D eigenvalue weighted by Crippen LogP contribution is -2.37. The number of amides is 1. The van der Waals surface area contributed by atoms with E-state index in [1.165, 1.54) is 0 Å². The molecule has 5 nitrogen and oxygen atoms in total. The summed E-state index contributed by atoms with van der Waals surface area (Å²) >= 11 is 0. The normalized spacial score (nSPS) is 19.8. The Morgan fingerprint density at radius 3 is 2.67 bits per heavy atom. The highest BCUT2D eigenvalue weighted by Gasteiger charge is 2.26. The van der Waals surface area contributed by atoms with Gasteiger partial charge in [-0.1, -0.05) is 0 Å². The fraction of sp³-hybridized carbons (Fsp3) is 0.615. The average Bonchev–Trinajstić information content (AvgIpc) is 2.42. The molecule has 1 aliphatic heterocycles. The third kappa shape index (κ3) is 3.04. The van der Waals surface area contributed by atoms with E-state index in [1.54, 1.807) is 4.90 Å². The minimum absolute atomic E-state index is 0.0610. The second-order valence-corrected chi connectivity index (χ2v) is 4.52. The predicted molar refractivity (Wildman–Crippen MR) is 71.1 cm³/mol. The lowest BCUT2D eigenvalue weighted by atomic mass is 10.2. The van der Waals surface area contributed by atoms with E-state index in [-0.39, 0.29) is 12.5 Å². The molecule has 1 heterocycles. The van der Waals surface area contributed by atoms with Gasteiger partial charge in [0.2, 0.25) is 5.91 Å². The van der Waals surface area contributed by atoms with Gasteiger partial charge in [-0.25, -0.2) is 0 Å². The smallest absolute Gasteiger partial charge is 0.232 e. The van der Waals surface area contributed by atoms with Gasteiger partial charge in [-0.05, 0) is 38.3 Å². The van der Waals surface area contributed by atoms with Crippen molar-refractivity contribution in [1.82, 2.24) is 9.80 Å². The zero-order valence-electron chi connectivity index (χ0n) is 11.4. The van der Waals surface area contributed by atoms with E-state index in [9.17, 15) is 4.79 Å². The van der Waals surface area contributed by atoms with Gasteiger partial charge in [0, 0.05) is 20.2 Å². The summed E-state index contributed by atoms with van der Waals surface area (Å²) in [4.78, 5) is 15.8. The molecule has 0 atom stereocenters. The quantitative estimate of drug-likeness (QED) is 0.733. The largest absolute Gasteiger partial charge is 0.396 e. The van der Waals surface area contributed by atoms with Crippen LogP contribution in [-0.4, -0.2) is 41.0 Å². The Hall–Kier alpha value is -1.49. The fourth-order valence-electron chi connectivity index (χ4n) is 2.10. The summed E-state index contributed by atoms with van der Waals surface area (Å²) < 4.78 is 0. The Morgan fingerprint density at radius 1 is 1.44 bits per heavy atom. The monoisotopic (exact) mass is 253 g/mol.